The molecular weight excluding hydrogens is 164 g/mol. The summed E-state index contributed by atoms with van der Waals surface area (Å²) in [7, 11) is 0. The highest BCUT2D eigenvalue weighted by Gasteiger charge is 2.17. The van der Waals surface area contributed by atoms with Crippen molar-refractivity contribution >= 4 is 0 Å². The van der Waals surface area contributed by atoms with Gasteiger partial charge in [0.2, 0.25) is 0 Å². The van der Waals surface area contributed by atoms with E-state index in [1.807, 2.05) is 0 Å². The van der Waals surface area contributed by atoms with Crippen molar-refractivity contribution in [3.8, 4) is 0 Å². The van der Waals surface area contributed by atoms with Crippen LogP contribution in [-0.4, -0.2) is 18.8 Å². The summed E-state index contributed by atoms with van der Waals surface area (Å²) in [4.78, 5) is 0. The standard InChI is InChI=1S/C10H22N2O/c1-2-5-9(12-11)8-10-6-3-4-7-13-10/h9-10,12H,2-8,11H2,1H3. The van der Waals surface area contributed by atoms with E-state index in [2.05, 4.69) is 12.3 Å². The van der Waals surface area contributed by atoms with Gasteiger partial charge >= 0.3 is 0 Å². The molecule has 0 aromatic heterocycles. The van der Waals surface area contributed by atoms with Gasteiger partial charge in [0.1, 0.15) is 0 Å². The lowest BCUT2D eigenvalue weighted by Crippen LogP contribution is -2.38. The van der Waals surface area contributed by atoms with Crippen molar-refractivity contribution in [2.24, 2.45) is 5.84 Å². The van der Waals surface area contributed by atoms with Gasteiger partial charge in [0, 0.05) is 12.6 Å². The van der Waals surface area contributed by atoms with E-state index in [-0.39, 0.29) is 0 Å². The molecule has 3 heteroatoms. The maximum atomic E-state index is 5.66. The number of nitrogens with one attached hydrogen (secondary N) is 1. The van der Waals surface area contributed by atoms with Crippen LogP contribution in [0.4, 0.5) is 0 Å². The number of hydrazine groups is 1. The molecule has 13 heavy (non-hydrogen) atoms. The normalized spacial score (nSPS) is 25.8. The predicted molar refractivity (Wildman–Crippen MR) is 54.2 cm³/mol. The first kappa shape index (κ1) is 11.0. The van der Waals surface area contributed by atoms with Gasteiger partial charge in [0.25, 0.3) is 0 Å². The first-order valence-corrected chi connectivity index (χ1v) is 5.44. The molecule has 0 bridgehead atoms. The maximum Gasteiger partial charge on any atom is 0.0590 e. The topological polar surface area (TPSA) is 47.3 Å². The molecule has 78 valence electrons. The molecule has 2 unspecified atom stereocenters. The summed E-state index contributed by atoms with van der Waals surface area (Å²) in [6, 6.07) is 0.438. The van der Waals surface area contributed by atoms with E-state index in [0.29, 0.717) is 12.1 Å². The minimum absolute atomic E-state index is 0.438. The molecule has 0 aromatic carbocycles. The SMILES string of the molecule is CCCC(CC1CCCCO1)NN. The minimum atomic E-state index is 0.438. The molecule has 0 amide bonds. The van der Waals surface area contributed by atoms with Gasteiger partial charge in [-0.25, -0.2) is 0 Å². The van der Waals surface area contributed by atoms with Crippen molar-refractivity contribution in [1.29, 1.82) is 0 Å². The van der Waals surface area contributed by atoms with Crippen LogP contribution in [0.2, 0.25) is 0 Å². The molecule has 1 aliphatic rings. The van der Waals surface area contributed by atoms with Gasteiger partial charge in [0.05, 0.1) is 6.10 Å². The summed E-state index contributed by atoms with van der Waals surface area (Å²) < 4.78 is 5.66. The molecular formula is C10H22N2O. The zero-order valence-electron chi connectivity index (χ0n) is 8.59. The average molecular weight is 186 g/mol. The highest BCUT2D eigenvalue weighted by molar-refractivity contribution is 4.72. The first-order chi connectivity index (χ1) is 6.36. The molecule has 3 nitrogen and oxygen atoms in total. The van der Waals surface area contributed by atoms with Crippen LogP contribution in [0, 0.1) is 0 Å². The van der Waals surface area contributed by atoms with Crippen LogP contribution in [0.25, 0.3) is 0 Å². The largest absolute Gasteiger partial charge is 0.378 e. The Bertz CT molecular complexity index is 121. The van der Waals surface area contributed by atoms with Gasteiger partial charge in [-0.2, -0.15) is 0 Å². The zero-order chi connectivity index (χ0) is 9.52. The zero-order valence-corrected chi connectivity index (χ0v) is 8.59. The Morgan fingerprint density at radius 1 is 1.54 bits per heavy atom. The van der Waals surface area contributed by atoms with E-state index in [1.165, 1.54) is 25.7 Å². The van der Waals surface area contributed by atoms with Gasteiger partial charge in [-0.05, 0) is 32.1 Å². The average Bonchev–Trinajstić information content (AvgIpc) is 2.19. The van der Waals surface area contributed by atoms with Crippen LogP contribution >= 0.6 is 0 Å². The lowest BCUT2D eigenvalue weighted by molar-refractivity contribution is 0.00466. The molecule has 3 N–H and O–H groups in total. The molecule has 1 aliphatic heterocycles. The van der Waals surface area contributed by atoms with Crippen molar-refractivity contribution < 1.29 is 4.74 Å². The molecule has 0 radical (unpaired) electrons. The predicted octanol–water partition coefficient (Wildman–Crippen LogP) is 1.58. The van der Waals surface area contributed by atoms with Crippen LogP contribution in [0.3, 0.4) is 0 Å². The van der Waals surface area contributed by atoms with E-state index in [4.69, 9.17) is 10.6 Å². The summed E-state index contributed by atoms with van der Waals surface area (Å²) in [6.07, 6.45) is 7.60. The molecule has 1 heterocycles. The Balaban J connectivity index is 2.18. The Hall–Kier alpha value is -0.120. The summed E-state index contributed by atoms with van der Waals surface area (Å²) >= 11 is 0. The van der Waals surface area contributed by atoms with Crippen molar-refractivity contribution in [1.82, 2.24) is 5.43 Å². The highest BCUT2D eigenvalue weighted by atomic mass is 16.5. The summed E-state index contributed by atoms with van der Waals surface area (Å²) in [6.45, 7) is 3.13. The monoisotopic (exact) mass is 186 g/mol. The Morgan fingerprint density at radius 2 is 2.38 bits per heavy atom. The lowest BCUT2D eigenvalue weighted by Gasteiger charge is -2.26. The van der Waals surface area contributed by atoms with Gasteiger partial charge in [-0.3, -0.25) is 11.3 Å². The Labute approximate surface area is 81.0 Å². The third kappa shape index (κ3) is 4.07. The van der Waals surface area contributed by atoms with E-state index in [1.54, 1.807) is 0 Å². The number of nitrogens with two attached hydrogens (primary N) is 1. The van der Waals surface area contributed by atoms with E-state index >= 15 is 0 Å². The van der Waals surface area contributed by atoms with Crippen molar-refractivity contribution in [2.45, 2.75) is 57.6 Å². The van der Waals surface area contributed by atoms with Crippen LogP contribution in [-0.2, 0) is 4.74 Å². The van der Waals surface area contributed by atoms with Crippen molar-refractivity contribution in [3.05, 3.63) is 0 Å². The van der Waals surface area contributed by atoms with Gasteiger partial charge in [-0.1, -0.05) is 13.3 Å². The quantitative estimate of drug-likeness (QED) is 0.506. The van der Waals surface area contributed by atoms with Crippen LogP contribution in [0.15, 0.2) is 0 Å². The molecule has 1 fully saturated rings. The third-order valence-electron chi connectivity index (χ3n) is 2.69. The molecule has 0 spiro atoms. The molecule has 0 aromatic rings. The van der Waals surface area contributed by atoms with Crippen LogP contribution in [0.1, 0.15) is 45.4 Å². The molecule has 0 saturated carbocycles. The summed E-state index contributed by atoms with van der Waals surface area (Å²) in [5, 5.41) is 0. The van der Waals surface area contributed by atoms with E-state index in [9.17, 15) is 0 Å². The first-order valence-electron chi connectivity index (χ1n) is 5.44. The van der Waals surface area contributed by atoms with Gasteiger partial charge < -0.3 is 4.74 Å². The summed E-state index contributed by atoms with van der Waals surface area (Å²) in [5.41, 5.74) is 2.87. The van der Waals surface area contributed by atoms with Crippen LogP contribution < -0.4 is 11.3 Å². The maximum absolute atomic E-state index is 5.66. The second kappa shape index (κ2) is 6.35. The van der Waals surface area contributed by atoms with Gasteiger partial charge in [0.15, 0.2) is 0 Å². The highest BCUT2D eigenvalue weighted by Crippen LogP contribution is 2.18. The van der Waals surface area contributed by atoms with Crippen LogP contribution in [0.5, 0.6) is 0 Å². The fourth-order valence-electron chi connectivity index (χ4n) is 1.93. The Kier molecular flexibility index (Phi) is 5.35. The smallest absolute Gasteiger partial charge is 0.0590 e. The molecule has 0 aliphatic carbocycles. The Morgan fingerprint density at radius 3 is 2.92 bits per heavy atom. The number of hydrogen-bond acceptors (Lipinski definition) is 3. The van der Waals surface area contributed by atoms with Crippen molar-refractivity contribution in [2.75, 3.05) is 6.61 Å². The van der Waals surface area contributed by atoms with Gasteiger partial charge in [-0.15, -0.1) is 0 Å². The number of rotatable bonds is 5. The number of hydrogen-bond donors (Lipinski definition) is 2. The van der Waals surface area contributed by atoms with Crippen molar-refractivity contribution in [3.63, 3.8) is 0 Å². The third-order valence-corrected chi connectivity index (χ3v) is 2.69. The second-order valence-electron chi connectivity index (χ2n) is 3.88. The number of ether oxygens (including phenoxy) is 1. The van der Waals surface area contributed by atoms with E-state index < -0.39 is 0 Å². The second-order valence-corrected chi connectivity index (χ2v) is 3.88. The lowest BCUT2D eigenvalue weighted by atomic mass is 9.99. The van der Waals surface area contributed by atoms with E-state index in [0.717, 1.165) is 19.4 Å². The fraction of sp³-hybridized carbons (Fsp3) is 1.00. The minimum Gasteiger partial charge on any atom is -0.378 e. The fourth-order valence-corrected chi connectivity index (χ4v) is 1.93. The molecule has 1 rings (SSSR count). The summed E-state index contributed by atoms with van der Waals surface area (Å²) in [5.74, 6) is 5.47. The molecule has 1 saturated heterocycles. The molecule has 2 atom stereocenters.